The number of primary amides is 1. The van der Waals surface area contributed by atoms with Gasteiger partial charge >= 0.3 is 0 Å². The first-order valence-corrected chi connectivity index (χ1v) is 8.49. The van der Waals surface area contributed by atoms with Crippen molar-refractivity contribution in [2.45, 2.75) is 32.1 Å². The average Bonchev–Trinajstić information content (AvgIpc) is 2.91. The van der Waals surface area contributed by atoms with Gasteiger partial charge in [0.05, 0.1) is 21.3 Å². The summed E-state index contributed by atoms with van der Waals surface area (Å²) in [4.78, 5) is 21.3. The van der Waals surface area contributed by atoms with E-state index in [-0.39, 0.29) is 0 Å². The highest BCUT2D eigenvalue weighted by Gasteiger charge is 2.15. The fourth-order valence-electron chi connectivity index (χ4n) is 2.50. The molecule has 0 saturated carbocycles. The summed E-state index contributed by atoms with van der Waals surface area (Å²) in [5, 5.41) is 4.73. The van der Waals surface area contributed by atoms with Crippen molar-refractivity contribution in [3.63, 3.8) is 0 Å². The maximum atomic E-state index is 11.1. The van der Waals surface area contributed by atoms with Crippen LogP contribution in [0.1, 0.15) is 38.8 Å². The second-order valence-electron chi connectivity index (χ2n) is 5.28. The fourth-order valence-corrected chi connectivity index (χ4v) is 3.89. The van der Waals surface area contributed by atoms with Crippen LogP contribution < -0.4 is 11.1 Å². The summed E-state index contributed by atoms with van der Waals surface area (Å²) >= 11 is 7.91. The molecular weight excluding hydrogens is 320 g/mol. The standard InChI is InChI=1S/C15H17ClN4OS/c16-10-7-9(14(17)21)8-19-15(10)18-6-5-13-20-11-3-1-2-4-12(11)22-13/h7-8H,1-6H2,(H2,17,21)(H,18,19). The van der Waals surface area contributed by atoms with Crippen molar-refractivity contribution >= 4 is 34.7 Å². The summed E-state index contributed by atoms with van der Waals surface area (Å²) < 4.78 is 0. The monoisotopic (exact) mass is 336 g/mol. The van der Waals surface area contributed by atoms with E-state index in [2.05, 4.69) is 10.3 Å². The number of anilines is 1. The molecule has 2 heterocycles. The molecule has 3 N–H and O–H groups in total. The van der Waals surface area contributed by atoms with Gasteiger partial charge in [-0.05, 0) is 31.7 Å². The third kappa shape index (κ3) is 3.39. The van der Waals surface area contributed by atoms with E-state index in [9.17, 15) is 4.79 Å². The van der Waals surface area contributed by atoms with Crippen LogP contribution in [0.4, 0.5) is 5.82 Å². The molecule has 7 heteroatoms. The van der Waals surface area contributed by atoms with Gasteiger partial charge in [0.2, 0.25) is 5.91 Å². The molecule has 0 atom stereocenters. The number of amides is 1. The van der Waals surface area contributed by atoms with Crippen LogP contribution in [0, 0.1) is 0 Å². The molecule has 1 aliphatic rings. The van der Waals surface area contributed by atoms with Crippen LogP contribution >= 0.6 is 22.9 Å². The van der Waals surface area contributed by atoms with E-state index >= 15 is 0 Å². The summed E-state index contributed by atoms with van der Waals surface area (Å²) in [7, 11) is 0. The first-order valence-electron chi connectivity index (χ1n) is 7.30. The van der Waals surface area contributed by atoms with Crippen molar-refractivity contribution in [2.24, 2.45) is 5.73 Å². The average molecular weight is 337 g/mol. The zero-order chi connectivity index (χ0) is 15.5. The van der Waals surface area contributed by atoms with Gasteiger partial charge in [-0.1, -0.05) is 11.6 Å². The number of nitrogens with two attached hydrogens (primary N) is 1. The van der Waals surface area contributed by atoms with Gasteiger partial charge in [-0.25, -0.2) is 9.97 Å². The molecule has 0 radical (unpaired) electrons. The van der Waals surface area contributed by atoms with E-state index in [4.69, 9.17) is 22.3 Å². The molecule has 1 amide bonds. The Balaban J connectivity index is 1.59. The van der Waals surface area contributed by atoms with E-state index in [1.165, 1.54) is 42.1 Å². The molecule has 0 fully saturated rings. The van der Waals surface area contributed by atoms with Crippen molar-refractivity contribution in [3.8, 4) is 0 Å². The predicted molar refractivity (Wildman–Crippen MR) is 88.7 cm³/mol. The second kappa shape index (κ2) is 6.62. The topological polar surface area (TPSA) is 80.9 Å². The lowest BCUT2D eigenvalue weighted by molar-refractivity contribution is 0.1000. The largest absolute Gasteiger partial charge is 0.368 e. The van der Waals surface area contributed by atoms with Gasteiger partial charge in [0.25, 0.3) is 0 Å². The highest BCUT2D eigenvalue weighted by molar-refractivity contribution is 7.11. The maximum absolute atomic E-state index is 11.1. The predicted octanol–water partition coefficient (Wildman–Crippen LogP) is 2.82. The summed E-state index contributed by atoms with van der Waals surface area (Å²) in [6.07, 6.45) is 7.08. The van der Waals surface area contributed by atoms with Gasteiger partial charge < -0.3 is 11.1 Å². The number of carbonyl (C=O) groups excluding carboxylic acids is 1. The minimum absolute atomic E-state index is 0.308. The molecule has 0 unspecified atom stereocenters. The molecule has 0 aromatic carbocycles. The van der Waals surface area contributed by atoms with E-state index in [0.717, 1.165) is 17.8 Å². The molecule has 3 rings (SSSR count). The molecule has 0 spiro atoms. The number of halogens is 1. The van der Waals surface area contributed by atoms with Gasteiger partial charge in [-0.2, -0.15) is 0 Å². The first kappa shape index (κ1) is 15.2. The Kier molecular flexibility index (Phi) is 4.59. The van der Waals surface area contributed by atoms with Crippen LogP contribution in [-0.4, -0.2) is 22.4 Å². The maximum Gasteiger partial charge on any atom is 0.250 e. The van der Waals surface area contributed by atoms with Gasteiger partial charge in [-0.15, -0.1) is 11.3 Å². The number of thiazole rings is 1. The number of aryl methyl sites for hydroxylation is 2. The Morgan fingerprint density at radius 1 is 1.41 bits per heavy atom. The van der Waals surface area contributed by atoms with Gasteiger partial charge in [-0.3, -0.25) is 4.79 Å². The fraction of sp³-hybridized carbons (Fsp3) is 0.400. The SMILES string of the molecule is NC(=O)c1cnc(NCCc2nc3c(s2)CCCC3)c(Cl)c1. The van der Waals surface area contributed by atoms with Crippen LogP contribution in [0.3, 0.4) is 0 Å². The number of hydrogen-bond acceptors (Lipinski definition) is 5. The van der Waals surface area contributed by atoms with E-state index in [0.29, 0.717) is 22.9 Å². The molecule has 0 saturated heterocycles. The third-order valence-corrected chi connectivity index (χ3v) is 5.15. The minimum Gasteiger partial charge on any atom is -0.368 e. The van der Waals surface area contributed by atoms with Crippen molar-refractivity contribution in [3.05, 3.63) is 38.4 Å². The van der Waals surface area contributed by atoms with Crippen LogP contribution in [0.2, 0.25) is 5.02 Å². The third-order valence-electron chi connectivity index (χ3n) is 3.65. The van der Waals surface area contributed by atoms with Crippen molar-refractivity contribution < 1.29 is 4.79 Å². The van der Waals surface area contributed by atoms with E-state index in [1.54, 1.807) is 0 Å². The zero-order valence-corrected chi connectivity index (χ0v) is 13.6. The van der Waals surface area contributed by atoms with Gasteiger partial charge in [0.1, 0.15) is 5.82 Å². The van der Waals surface area contributed by atoms with E-state index in [1.807, 2.05) is 11.3 Å². The Labute approximate surface area is 137 Å². The number of nitrogens with zero attached hydrogens (tertiary/aromatic N) is 2. The smallest absolute Gasteiger partial charge is 0.250 e. The second-order valence-corrected chi connectivity index (χ2v) is 6.86. The first-order chi connectivity index (χ1) is 10.6. The highest BCUT2D eigenvalue weighted by Crippen LogP contribution is 2.27. The van der Waals surface area contributed by atoms with Crippen molar-refractivity contribution in [1.29, 1.82) is 0 Å². The summed E-state index contributed by atoms with van der Waals surface area (Å²) in [5.41, 5.74) is 6.79. The van der Waals surface area contributed by atoms with Crippen LogP contribution in [-0.2, 0) is 19.3 Å². The number of hydrogen-bond donors (Lipinski definition) is 2. The highest BCUT2D eigenvalue weighted by atomic mass is 35.5. The molecule has 0 bridgehead atoms. The van der Waals surface area contributed by atoms with Crippen LogP contribution in [0.15, 0.2) is 12.3 Å². The van der Waals surface area contributed by atoms with Crippen LogP contribution in [0.25, 0.3) is 0 Å². The number of carbonyl (C=O) groups is 1. The molecule has 0 aliphatic heterocycles. The van der Waals surface area contributed by atoms with E-state index < -0.39 is 5.91 Å². The number of pyridine rings is 1. The van der Waals surface area contributed by atoms with Crippen LogP contribution in [0.5, 0.6) is 0 Å². The van der Waals surface area contributed by atoms with Crippen molar-refractivity contribution in [1.82, 2.24) is 9.97 Å². The van der Waals surface area contributed by atoms with Crippen molar-refractivity contribution in [2.75, 3.05) is 11.9 Å². The molecule has 2 aromatic heterocycles. The number of rotatable bonds is 5. The normalized spacial score (nSPS) is 13.7. The lowest BCUT2D eigenvalue weighted by Crippen LogP contribution is -2.12. The summed E-state index contributed by atoms with van der Waals surface area (Å²) in [6, 6.07) is 1.53. The Hall–Kier alpha value is -1.66. The lowest BCUT2D eigenvalue weighted by atomic mass is 10.0. The molecular formula is C15H17ClN4OS. The Morgan fingerprint density at radius 2 is 2.23 bits per heavy atom. The molecule has 1 aliphatic carbocycles. The Bertz CT molecular complexity index is 677. The minimum atomic E-state index is -0.533. The molecule has 2 aromatic rings. The van der Waals surface area contributed by atoms with Gasteiger partial charge in [0.15, 0.2) is 0 Å². The number of fused-ring (bicyclic) bond motifs is 1. The van der Waals surface area contributed by atoms with Gasteiger partial charge in [0, 0.05) is 24.0 Å². The number of nitrogens with one attached hydrogen (secondary N) is 1. The zero-order valence-electron chi connectivity index (χ0n) is 12.1. The molecule has 22 heavy (non-hydrogen) atoms. The molecule has 5 nitrogen and oxygen atoms in total. The number of aromatic nitrogens is 2. The Morgan fingerprint density at radius 3 is 2.95 bits per heavy atom. The summed E-state index contributed by atoms with van der Waals surface area (Å²) in [6.45, 7) is 0.703. The molecule has 116 valence electrons. The lowest BCUT2D eigenvalue weighted by Gasteiger charge is -2.07. The summed E-state index contributed by atoms with van der Waals surface area (Å²) in [5.74, 6) is 0.0299. The quantitative estimate of drug-likeness (QED) is 0.879.